The van der Waals surface area contributed by atoms with Crippen LogP contribution in [0.4, 0.5) is 5.82 Å². The molecule has 4 heteroatoms. The van der Waals surface area contributed by atoms with Crippen molar-refractivity contribution in [3.63, 3.8) is 0 Å². The number of aliphatic hydroxyl groups is 1. The van der Waals surface area contributed by atoms with Gasteiger partial charge < -0.3 is 15.2 Å². The Morgan fingerprint density at radius 1 is 1.62 bits per heavy atom. The van der Waals surface area contributed by atoms with Crippen LogP contribution in [0.25, 0.3) is 0 Å². The van der Waals surface area contributed by atoms with Crippen molar-refractivity contribution in [1.82, 2.24) is 4.98 Å². The topological polar surface area (TPSA) is 54.4 Å². The van der Waals surface area contributed by atoms with Crippen molar-refractivity contribution in [2.75, 3.05) is 25.6 Å². The van der Waals surface area contributed by atoms with E-state index in [1.807, 2.05) is 18.2 Å². The maximum absolute atomic E-state index is 9.30. The van der Waals surface area contributed by atoms with E-state index in [-0.39, 0.29) is 0 Å². The number of hydrogen-bond donors (Lipinski definition) is 2. The Bertz CT molecular complexity index is 228. The average molecular weight is 182 g/mol. The maximum Gasteiger partial charge on any atom is 0.125 e. The lowest BCUT2D eigenvalue weighted by atomic mass is 10.3. The third-order valence-corrected chi connectivity index (χ3v) is 1.54. The van der Waals surface area contributed by atoms with Crippen LogP contribution in [0.5, 0.6) is 0 Å². The van der Waals surface area contributed by atoms with Gasteiger partial charge in [-0.1, -0.05) is 6.07 Å². The van der Waals surface area contributed by atoms with E-state index in [9.17, 15) is 5.11 Å². The average Bonchev–Trinajstić information content (AvgIpc) is 2.17. The Morgan fingerprint density at radius 3 is 3.08 bits per heavy atom. The van der Waals surface area contributed by atoms with Gasteiger partial charge in [-0.2, -0.15) is 0 Å². The summed E-state index contributed by atoms with van der Waals surface area (Å²) in [6.07, 6.45) is 1.21. The first-order valence-corrected chi connectivity index (χ1v) is 4.15. The summed E-state index contributed by atoms with van der Waals surface area (Å²) in [5.74, 6) is 0.762. The lowest BCUT2D eigenvalue weighted by molar-refractivity contribution is 0.0727. The summed E-state index contributed by atoms with van der Waals surface area (Å²) < 4.78 is 4.78. The molecule has 0 saturated heterocycles. The largest absolute Gasteiger partial charge is 0.389 e. The molecule has 0 saturated carbocycles. The minimum Gasteiger partial charge on any atom is -0.389 e. The number of aliphatic hydroxyl groups excluding tert-OH is 1. The first kappa shape index (κ1) is 9.95. The minimum atomic E-state index is -0.494. The molecule has 0 aliphatic heterocycles. The van der Waals surface area contributed by atoms with Gasteiger partial charge in [-0.3, -0.25) is 0 Å². The van der Waals surface area contributed by atoms with Crippen LogP contribution in [0, 0.1) is 0 Å². The molecule has 1 atom stereocenters. The first-order chi connectivity index (χ1) is 6.33. The van der Waals surface area contributed by atoms with Gasteiger partial charge >= 0.3 is 0 Å². The molecule has 0 fully saturated rings. The highest BCUT2D eigenvalue weighted by molar-refractivity contribution is 5.33. The Kier molecular flexibility index (Phi) is 4.21. The van der Waals surface area contributed by atoms with E-state index in [1.165, 1.54) is 0 Å². The second kappa shape index (κ2) is 5.50. The van der Waals surface area contributed by atoms with Crippen LogP contribution in [-0.4, -0.2) is 36.5 Å². The van der Waals surface area contributed by atoms with Gasteiger partial charge in [-0.05, 0) is 12.1 Å². The quantitative estimate of drug-likeness (QED) is 0.696. The molecule has 0 aliphatic carbocycles. The van der Waals surface area contributed by atoms with Gasteiger partial charge in [0.2, 0.25) is 0 Å². The van der Waals surface area contributed by atoms with Crippen molar-refractivity contribution >= 4 is 5.82 Å². The van der Waals surface area contributed by atoms with Gasteiger partial charge in [0.15, 0.2) is 0 Å². The first-order valence-electron chi connectivity index (χ1n) is 4.15. The molecule has 0 radical (unpaired) electrons. The highest BCUT2D eigenvalue weighted by atomic mass is 16.5. The van der Waals surface area contributed by atoms with Gasteiger partial charge in [-0.15, -0.1) is 0 Å². The molecular weight excluding hydrogens is 168 g/mol. The smallest absolute Gasteiger partial charge is 0.125 e. The van der Waals surface area contributed by atoms with E-state index in [1.54, 1.807) is 13.3 Å². The maximum atomic E-state index is 9.30. The van der Waals surface area contributed by atoms with Gasteiger partial charge in [0.1, 0.15) is 5.82 Å². The van der Waals surface area contributed by atoms with E-state index in [0.717, 1.165) is 5.82 Å². The fraction of sp³-hybridized carbons (Fsp3) is 0.444. The molecule has 0 aromatic carbocycles. The van der Waals surface area contributed by atoms with Gasteiger partial charge in [0, 0.05) is 19.9 Å². The summed E-state index contributed by atoms with van der Waals surface area (Å²) in [5.41, 5.74) is 0. The molecular formula is C9H14N2O2. The highest BCUT2D eigenvalue weighted by Crippen LogP contribution is 1.99. The van der Waals surface area contributed by atoms with Crippen molar-refractivity contribution in [2.24, 2.45) is 0 Å². The summed E-state index contributed by atoms with van der Waals surface area (Å²) >= 11 is 0. The second-order valence-electron chi connectivity index (χ2n) is 2.71. The van der Waals surface area contributed by atoms with Crippen LogP contribution in [0.3, 0.4) is 0 Å². The van der Waals surface area contributed by atoms with Crippen LogP contribution >= 0.6 is 0 Å². The zero-order valence-electron chi connectivity index (χ0n) is 7.60. The third kappa shape index (κ3) is 3.87. The van der Waals surface area contributed by atoms with Crippen LogP contribution in [0.1, 0.15) is 0 Å². The Hall–Kier alpha value is -1.13. The minimum absolute atomic E-state index is 0.333. The van der Waals surface area contributed by atoms with Crippen LogP contribution in [0.2, 0.25) is 0 Å². The molecule has 1 rings (SSSR count). The zero-order valence-corrected chi connectivity index (χ0v) is 7.60. The molecule has 1 aromatic rings. The Morgan fingerprint density at radius 2 is 2.46 bits per heavy atom. The second-order valence-corrected chi connectivity index (χ2v) is 2.71. The Labute approximate surface area is 77.6 Å². The van der Waals surface area contributed by atoms with Gasteiger partial charge in [-0.25, -0.2) is 4.98 Å². The van der Waals surface area contributed by atoms with Crippen molar-refractivity contribution in [2.45, 2.75) is 6.10 Å². The lowest BCUT2D eigenvalue weighted by Crippen LogP contribution is -2.24. The molecule has 0 spiro atoms. The third-order valence-electron chi connectivity index (χ3n) is 1.54. The summed E-state index contributed by atoms with van der Waals surface area (Å²) in [7, 11) is 1.56. The standard InChI is InChI=1S/C9H14N2O2/c1-13-7-8(12)6-11-9-4-2-3-5-10-9/h2-5,8,12H,6-7H2,1H3,(H,10,11). The zero-order chi connectivity index (χ0) is 9.52. The number of rotatable bonds is 5. The van der Waals surface area contributed by atoms with Crippen molar-refractivity contribution in [3.8, 4) is 0 Å². The molecule has 4 nitrogen and oxygen atoms in total. The number of hydrogen-bond acceptors (Lipinski definition) is 4. The monoisotopic (exact) mass is 182 g/mol. The number of methoxy groups -OCH3 is 1. The predicted octanol–water partition coefficient (Wildman–Crippen LogP) is 0.501. The number of nitrogens with zero attached hydrogens (tertiary/aromatic N) is 1. The van der Waals surface area contributed by atoms with Gasteiger partial charge in [0.25, 0.3) is 0 Å². The summed E-state index contributed by atoms with van der Waals surface area (Å²) in [6.45, 7) is 0.782. The predicted molar refractivity (Wildman–Crippen MR) is 50.6 cm³/mol. The highest BCUT2D eigenvalue weighted by Gasteiger charge is 2.02. The lowest BCUT2D eigenvalue weighted by Gasteiger charge is -2.10. The molecule has 2 N–H and O–H groups in total. The molecule has 13 heavy (non-hydrogen) atoms. The van der Waals surface area contributed by atoms with E-state index < -0.39 is 6.10 Å². The molecule has 0 aliphatic rings. The van der Waals surface area contributed by atoms with E-state index in [0.29, 0.717) is 13.2 Å². The number of pyridine rings is 1. The van der Waals surface area contributed by atoms with E-state index >= 15 is 0 Å². The molecule has 1 heterocycles. The number of aromatic nitrogens is 1. The van der Waals surface area contributed by atoms with Crippen molar-refractivity contribution in [3.05, 3.63) is 24.4 Å². The van der Waals surface area contributed by atoms with E-state index in [4.69, 9.17) is 4.74 Å². The van der Waals surface area contributed by atoms with Crippen LogP contribution in [0.15, 0.2) is 24.4 Å². The van der Waals surface area contributed by atoms with Crippen molar-refractivity contribution in [1.29, 1.82) is 0 Å². The molecule has 0 bridgehead atoms. The molecule has 0 amide bonds. The van der Waals surface area contributed by atoms with Crippen molar-refractivity contribution < 1.29 is 9.84 Å². The van der Waals surface area contributed by atoms with Crippen LogP contribution < -0.4 is 5.32 Å². The normalized spacial score (nSPS) is 12.5. The summed E-state index contributed by atoms with van der Waals surface area (Å²) in [5, 5.41) is 12.3. The number of anilines is 1. The SMILES string of the molecule is COCC(O)CNc1ccccn1. The Balaban J connectivity index is 2.27. The molecule has 72 valence electrons. The number of ether oxygens (including phenoxy) is 1. The van der Waals surface area contributed by atoms with E-state index in [2.05, 4.69) is 10.3 Å². The fourth-order valence-electron chi connectivity index (χ4n) is 0.941. The van der Waals surface area contributed by atoms with Gasteiger partial charge in [0.05, 0.1) is 12.7 Å². The molecule has 1 unspecified atom stereocenters. The summed E-state index contributed by atoms with van der Waals surface area (Å²) in [4.78, 5) is 4.05. The number of nitrogens with one attached hydrogen (secondary N) is 1. The molecule has 1 aromatic heterocycles. The van der Waals surface area contributed by atoms with Crippen LogP contribution in [-0.2, 0) is 4.74 Å². The summed E-state index contributed by atoms with van der Waals surface area (Å²) in [6, 6.07) is 5.58. The fourth-order valence-corrected chi connectivity index (χ4v) is 0.941.